The van der Waals surface area contributed by atoms with E-state index >= 15 is 0 Å². The van der Waals surface area contributed by atoms with Crippen molar-refractivity contribution in [2.75, 3.05) is 0 Å². The maximum absolute atomic E-state index is 5.59. The number of pyridine rings is 1. The largest absolute Gasteiger partial charge is 0.255 e. The number of terminal acetylenes is 1. The molecule has 2 atom stereocenters. The van der Waals surface area contributed by atoms with Gasteiger partial charge in [-0.15, -0.1) is 6.42 Å². The fourth-order valence-electron chi connectivity index (χ4n) is 2.83. The number of fused-ring (bicyclic) bond motifs is 1. The van der Waals surface area contributed by atoms with E-state index < -0.39 is 0 Å². The minimum atomic E-state index is 0.587. The highest BCUT2D eigenvalue weighted by Crippen LogP contribution is 2.33. The quantitative estimate of drug-likeness (QED) is 0.682. The highest BCUT2D eigenvalue weighted by atomic mass is 14.6. The Balaban J connectivity index is 2.51. The van der Waals surface area contributed by atoms with Gasteiger partial charge < -0.3 is 0 Å². The molecule has 0 N–H and O–H groups in total. The van der Waals surface area contributed by atoms with Crippen LogP contribution in [0, 0.1) is 18.3 Å². The minimum Gasteiger partial charge on any atom is -0.255 e. The van der Waals surface area contributed by atoms with Crippen LogP contribution in [-0.4, -0.2) is 4.98 Å². The average molecular weight is 265 g/mol. The third-order valence-corrected chi connectivity index (χ3v) is 4.28. The Morgan fingerprint density at radius 1 is 1.20 bits per heavy atom. The lowest BCUT2D eigenvalue weighted by molar-refractivity contribution is 0.448. The molecule has 1 heterocycles. The fourth-order valence-corrected chi connectivity index (χ4v) is 2.83. The average Bonchev–Trinajstić information content (AvgIpc) is 2.51. The Hall–Kier alpha value is -1.81. The standard InChI is InChI=1S/C19H23N/c1-5-14(4)13-16(7-3)17-11-10-15(6-2)19-18(17)9-8-12-20-19/h2,8-12,14,16H,5,7,13H2,1,3-4H3. The molecule has 2 unspecified atom stereocenters. The summed E-state index contributed by atoms with van der Waals surface area (Å²) in [6, 6.07) is 8.40. The van der Waals surface area contributed by atoms with Crippen LogP contribution in [0.25, 0.3) is 10.9 Å². The van der Waals surface area contributed by atoms with Gasteiger partial charge in [0.05, 0.1) is 11.1 Å². The van der Waals surface area contributed by atoms with Gasteiger partial charge in [-0.1, -0.05) is 45.2 Å². The molecule has 104 valence electrons. The molecule has 0 aliphatic rings. The minimum absolute atomic E-state index is 0.587. The molecule has 0 saturated heterocycles. The van der Waals surface area contributed by atoms with E-state index in [-0.39, 0.29) is 0 Å². The highest BCUT2D eigenvalue weighted by Gasteiger charge is 2.16. The SMILES string of the molecule is C#Cc1ccc(C(CC)CC(C)CC)c2cccnc12. The van der Waals surface area contributed by atoms with Crippen LogP contribution < -0.4 is 0 Å². The maximum Gasteiger partial charge on any atom is 0.0861 e. The molecule has 2 rings (SSSR count). The predicted molar refractivity (Wildman–Crippen MR) is 86.8 cm³/mol. The number of aromatic nitrogens is 1. The molecule has 0 saturated carbocycles. The summed E-state index contributed by atoms with van der Waals surface area (Å²) >= 11 is 0. The van der Waals surface area contributed by atoms with Crippen molar-refractivity contribution in [1.29, 1.82) is 0 Å². The Labute approximate surface area is 122 Å². The van der Waals surface area contributed by atoms with Gasteiger partial charge in [0.15, 0.2) is 0 Å². The summed E-state index contributed by atoms with van der Waals surface area (Å²) in [5.41, 5.74) is 3.26. The van der Waals surface area contributed by atoms with Gasteiger partial charge in [-0.25, -0.2) is 0 Å². The topological polar surface area (TPSA) is 12.9 Å². The monoisotopic (exact) mass is 265 g/mol. The van der Waals surface area contributed by atoms with Gasteiger partial charge in [0.2, 0.25) is 0 Å². The first kappa shape index (κ1) is 14.6. The molecule has 2 aromatic rings. The predicted octanol–water partition coefficient (Wildman–Crippen LogP) is 5.15. The zero-order valence-corrected chi connectivity index (χ0v) is 12.7. The third kappa shape index (κ3) is 2.85. The summed E-state index contributed by atoms with van der Waals surface area (Å²) in [7, 11) is 0. The maximum atomic E-state index is 5.59. The molecule has 1 aromatic carbocycles. The van der Waals surface area contributed by atoms with Crippen LogP contribution >= 0.6 is 0 Å². The molecule has 0 aliphatic heterocycles. The molecule has 20 heavy (non-hydrogen) atoms. The highest BCUT2D eigenvalue weighted by molar-refractivity contribution is 5.87. The summed E-state index contributed by atoms with van der Waals surface area (Å²) < 4.78 is 0. The Bertz CT molecular complexity index is 621. The van der Waals surface area contributed by atoms with E-state index in [9.17, 15) is 0 Å². The van der Waals surface area contributed by atoms with Crippen molar-refractivity contribution in [3.05, 3.63) is 41.6 Å². The Morgan fingerprint density at radius 2 is 2.00 bits per heavy atom. The van der Waals surface area contributed by atoms with Gasteiger partial charge in [0, 0.05) is 11.6 Å². The summed E-state index contributed by atoms with van der Waals surface area (Å²) in [6.45, 7) is 6.86. The fraction of sp³-hybridized carbons (Fsp3) is 0.421. The first-order chi connectivity index (χ1) is 9.71. The molecule has 1 aromatic heterocycles. The van der Waals surface area contributed by atoms with E-state index in [1.807, 2.05) is 18.3 Å². The summed E-state index contributed by atoms with van der Waals surface area (Å²) in [5, 5.41) is 1.22. The lowest BCUT2D eigenvalue weighted by Gasteiger charge is -2.21. The van der Waals surface area contributed by atoms with E-state index in [1.54, 1.807) is 0 Å². The second kappa shape index (κ2) is 6.57. The molecular formula is C19H23N. The molecule has 0 bridgehead atoms. The van der Waals surface area contributed by atoms with Gasteiger partial charge in [0.25, 0.3) is 0 Å². The van der Waals surface area contributed by atoms with Crippen molar-refractivity contribution in [1.82, 2.24) is 4.98 Å². The first-order valence-corrected chi connectivity index (χ1v) is 7.55. The lowest BCUT2D eigenvalue weighted by atomic mass is 9.84. The van der Waals surface area contributed by atoms with Crippen LogP contribution in [0.3, 0.4) is 0 Å². The second-order valence-corrected chi connectivity index (χ2v) is 5.60. The number of benzene rings is 1. The van der Waals surface area contributed by atoms with Crippen molar-refractivity contribution in [3.8, 4) is 12.3 Å². The van der Waals surface area contributed by atoms with Crippen LogP contribution in [0.4, 0.5) is 0 Å². The number of hydrogen-bond acceptors (Lipinski definition) is 1. The van der Waals surface area contributed by atoms with E-state index in [0.29, 0.717) is 5.92 Å². The molecule has 0 amide bonds. The van der Waals surface area contributed by atoms with Crippen molar-refractivity contribution < 1.29 is 0 Å². The molecule has 0 aliphatic carbocycles. The van der Waals surface area contributed by atoms with Gasteiger partial charge >= 0.3 is 0 Å². The summed E-state index contributed by atoms with van der Waals surface area (Å²) in [4.78, 5) is 4.49. The Kier molecular flexibility index (Phi) is 4.79. The van der Waals surface area contributed by atoms with Crippen molar-refractivity contribution in [3.63, 3.8) is 0 Å². The van der Waals surface area contributed by atoms with Crippen molar-refractivity contribution >= 4 is 10.9 Å². The molecule has 0 radical (unpaired) electrons. The van der Waals surface area contributed by atoms with E-state index in [1.165, 1.54) is 23.8 Å². The second-order valence-electron chi connectivity index (χ2n) is 5.60. The molecular weight excluding hydrogens is 242 g/mol. The summed E-state index contributed by atoms with van der Waals surface area (Å²) in [6.07, 6.45) is 11.0. The smallest absolute Gasteiger partial charge is 0.0861 e. The first-order valence-electron chi connectivity index (χ1n) is 7.55. The zero-order valence-electron chi connectivity index (χ0n) is 12.7. The lowest BCUT2D eigenvalue weighted by Crippen LogP contribution is -2.05. The van der Waals surface area contributed by atoms with Gasteiger partial charge in [-0.2, -0.15) is 0 Å². The molecule has 1 heteroatoms. The van der Waals surface area contributed by atoms with E-state index in [4.69, 9.17) is 6.42 Å². The molecule has 0 spiro atoms. The summed E-state index contributed by atoms with van der Waals surface area (Å²) in [5.74, 6) is 4.08. The normalized spacial score (nSPS) is 13.9. The third-order valence-electron chi connectivity index (χ3n) is 4.28. The van der Waals surface area contributed by atoms with E-state index in [2.05, 4.69) is 43.8 Å². The van der Waals surface area contributed by atoms with Crippen LogP contribution in [0.1, 0.15) is 57.1 Å². The number of nitrogens with zero attached hydrogens (tertiary/aromatic N) is 1. The Morgan fingerprint density at radius 3 is 2.65 bits per heavy atom. The van der Waals surface area contributed by atoms with Gasteiger partial charge in [0.1, 0.15) is 0 Å². The van der Waals surface area contributed by atoms with Crippen molar-refractivity contribution in [2.45, 2.75) is 46.0 Å². The molecule has 0 fully saturated rings. The zero-order chi connectivity index (χ0) is 14.5. The van der Waals surface area contributed by atoms with Crippen LogP contribution in [0.15, 0.2) is 30.5 Å². The molecule has 1 nitrogen and oxygen atoms in total. The van der Waals surface area contributed by atoms with Crippen LogP contribution in [0.5, 0.6) is 0 Å². The number of hydrogen-bond donors (Lipinski definition) is 0. The van der Waals surface area contributed by atoms with Crippen molar-refractivity contribution in [2.24, 2.45) is 5.92 Å². The van der Waals surface area contributed by atoms with Crippen LogP contribution in [-0.2, 0) is 0 Å². The van der Waals surface area contributed by atoms with Gasteiger partial charge in [-0.3, -0.25) is 4.98 Å². The van der Waals surface area contributed by atoms with Gasteiger partial charge in [-0.05, 0) is 42.4 Å². The van der Waals surface area contributed by atoms with Crippen LogP contribution in [0.2, 0.25) is 0 Å². The number of rotatable bonds is 5. The van der Waals surface area contributed by atoms with E-state index in [0.717, 1.165) is 23.4 Å².